The summed E-state index contributed by atoms with van der Waals surface area (Å²) in [6.45, 7) is 16.2. The Morgan fingerprint density at radius 1 is 1.14 bits per heavy atom. The zero-order chi connectivity index (χ0) is 31.1. The molecule has 8 heteroatoms. The van der Waals surface area contributed by atoms with E-state index < -0.39 is 5.82 Å². The summed E-state index contributed by atoms with van der Waals surface area (Å²) in [4.78, 5) is 24.9. The minimum Gasteiger partial charge on any atom is -0.383 e. The number of aromatic nitrogens is 2. The van der Waals surface area contributed by atoms with Gasteiger partial charge in [-0.15, -0.1) is 0 Å². The predicted octanol–water partition coefficient (Wildman–Crippen LogP) is 6.60. The van der Waals surface area contributed by atoms with Gasteiger partial charge >= 0.3 is 0 Å². The Balaban J connectivity index is 1.55. The zero-order valence-corrected chi connectivity index (χ0v) is 27.4. The number of carbonyl (C=O) groups excluding carboxylic acids is 1. The van der Waals surface area contributed by atoms with Crippen molar-refractivity contribution < 1.29 is 13.9 Å². The molecule has 0 spiro atoms. The first-order valence-electron chi connectivity index (χ1n) is 16.1. The maximum Gasteiger partial charge on any atom is 0.256 e. The molecule has 0 N–H and O–H groups in total. The van der Waals surface area contributed by atoms with Crippen LogP contribution in [-0.4, -0.2) is 95.7 Å². The highest BCUT2D eigenvalue weighted by atomic mass is 19.1. The minimum atomic E-state index is -0.407. The molecule has 4 rings (SSSR count). The van der Waals surface area contributed by atoms with Crippen LogP contribution in [0.2, 0.25) is 0 Å². The Morgan fingerprint density at radius 3 is 2.53 bits per heavy atom. The molecule has 3 aromatic rings. The van der Waals surface area contributed by atoms with Crippen molar-refractivity contribution in [2.75, 3.05) is 53.5 Å². The molecule has 1 aliphatic heterocycles. The molecule has 1 amide bonds. The van der Waals surface area contributed by atoms with Gasteiger partial charge in [-0.05, 0) is 115 Å². The van der Waals surface area contributed by atoms with Crippen molar-refractivity contribution in [2.24, 2.45) is 5.92 Å². The number of rotatable bonds is 14. The third-order valence-corrected chi connectivity index (χ3v) is 9.24. The minimum absolute atomic E-state index is 0.0173. The molecule has 1 saturated heterocycles. The summed E-state index contributed by atoms with van der Waals surface area (Å²) in [5.41, 5.74) is 3.32. The molecule has 0 aliphatic carbocycles. The molecule has 236 valence electrons. The standard InChI is InChI=1S/C35H52FN5O2/c1-8-40(26(4)5)35(42)30-22-28(36)11-12-33(30)41-24-31(29-13-16-37-23-34(29)41)27-14-18-39(19-15-27)32(25(2)3)10-9-17-38(6)20-21-43-7/h11-13,16,22-27,32H,8-10,14-15,17-21H2,1-7H3. The van der Waals surface area contributed by atoms with Crippen LogP contribution in [0.1, 0.15) is 82.1 Å². The number of piperidine rings is 1. The highest BCUT2D eigenvalue weighted by molar-refractivity contribution is 5.99. The maximum absolute atomic E-state index is 14.5. The fourth-order valence-corrected chi connectivity index (χ4v) is 6.82. The molecule has 0 saturated carbocycles. The topological polar surface area (TPSA) is 53.8 Å². The van der Waals surface area contributed by atoms with Crippen molar-refractivity contribution >= 4 is 16.8 Å². The third kappa shape index (κ3) is 7.83. The van der Waals surface area contributed by atoms with E-state index in [-0.39, 0.29) is 11.9 Å². The van der Waals surface area contributed by atoms with Crippen molar-refractivity contribution in [1.29, 1.82) is 0 Å². The Hall–Kier alpha value is -2.81. The van der Waals surface area contributed by atoms with Crippen molar-refractivity contribution in [1.82, 2.24) is 24.3 Å². The van der Waals surface area contributed by atoms with Gasteiger partial charge in [-0.3, -0.25) is 9.78 Å². The van der Waals surface area contributed by atoms with Gasteiger partial charge in [-0.2, -0.15) is 0 Å². The lowest BCUT2D eigenvalue weighted by molar-refractivity contribution is 0.0716. The molecule has 1 aromatic carbocycles. The summed E-state index contributed by atoms with van der Waals surface area (Å²) in [6.07, 6.45) is 10.5. The molecule has 3 heterocycles. The first-order valence-corrected chi connectivity index (χ1v) is 16.1. The molecular formula is C35H52FN5O2. The fraction of sp³-hybridized carbons (Fsp3) is 0.600. The van der Waals surface area contributed by atoms with E-state index in [1.54, 1.807) is 18.1 Å². The van der Waals surface area contributed by atoms with Crippen LogP contribution in [0.15, 0.2) is 42.9 Å². The van der Waals surface area contributed by atoms with Gasteiger partial charge in [0.15, 0.2) is 0 Å². The monoisotopic (exact) mass is 593 g/mol. The highest BCUT2D eigenvalue weighted by Gasteiger charge is 2.30. The number of nitrogens with zero attached hydrogens (tertiary/aromatic N) is 5. The first-order chi connectivity index (χ1) is 20.7. The van der Waals surface area contributed by atoms with Crippen molar-refractivity contribution in [3.05, 3.63) is 59.8 Å². The fourth-order valence-electron chi connectivity index (χ4n) is 6.82. The summed E-state index contributed by atoms with van der Waals surface area (Å²) in [5.74, 6) is 0.460. The SMILES string of the molecule is CCN(C(=O)c1cc(F)ccc1-n1cc(C2CCN(C(CCCN(C)CCOC)C(C)C)CC2)c2ccncc21)C(C)C. The normalized spacial score (nSPS) is 15.7. The van der Waals surface area contributed by atoms with Crippen LogP contribution in [0.5, 0.6) is 0 Å². The largest absolute Gasteiger partial charge is 0.383 e. The van der Waals surface area contributed by atoms with Gasteiger partial charge in [0.2, 0.25) is 0 Å². The number of amides is 1. The molecular weight excluding hydrogens is 541 g/mol. The average molecular weight is 594 g/mol. The number of pyridine rings is 1. The molecule has 0 radical (unpaired) electrons. The number of likely N-dealkylation sites (tertiary alicyclic amines) is 1. The zero-order valence-electron chi connectivity index (χ0n) is 27.4. The van der Waals surface area contributed by atoms with Gasteiger partial charge in [-0.1, -0.05) is 13.8 Å². The molecule has 2 aromatic heterocycles. The number of halogens is 1. The number of carbonyl (C=O) groups is 1. The summed E-state index contributed by atoms with van der Waals surface area (Å²) in [7, 11) is 3.94. The Bertz CT molecular complexity index is 1330. The lowest BCUT2D eigenvalue weighted by Crippen LogP contribution is -2.44. The Labute approximate surface area is 258 Å². The van der Waals surface area contributed by atoms with Crippen LogP contribution in [0.3, 0.4) is 0 Å². The van der Waals surface area contributed by atoms with Gasteiger partial charge in [-0.25, -0.2) is 4.39 Å². The maximum atomic E-state index is 14.5. The second-order valence-electron chi connectivity index (χ2n) is 12.8. The van der Waals surface area contributed by atoms with Crippen LogP contribution in [0, 0.1) is 11.7 Å². The van der Waals surface area contributed by atoms with Gasteiger partial charge < -0.3 is 24.0 Å². The summed E-state index contributed by atoms with van der Waals surface area (Å²) >= 11 is 0. The van der Waals surface area contributed by atoms with E-state index in [1.807, 2.05) is 33.2 Å². The smallest absolute Gasteiger partial charge is 0.256 e. The van der Waals surface area contributed by atoms with Crippen LogP contribution in [0.4, 0.5) is 4.39 Å². The molecule has 1 unspecified atom stereocenters. The molecule has 1 atom stereocenters. The third-order valence-electron chi connectivity index (χ3n) is 9.24. The summed E-state index contributed by atoms with van der Waals surface area (Å²) in [6, 6.07) is 7.24. The molecule has 7 nitrogen and oxygen atoms in total. The lowest BCUT2D eigenvalue weighted by Gasteiger charge is -2.40. The van der Waals surface area contributed by atoms with Crippen molar-refractivity contribution in [3.63, 3.8) is 0 Å². The molecule has 0 bridgehead atoms. The number of likely N-dealkylation sites (N-methyl/N-ethyl adjacent to an activating group) is 1. The van der Waals surface area contributed by atoms with Crippen molar-refractivity contribution in [2.45, 2.75) is 78.3 Å². The van der Waals surface area contributed by atoms with Gasteiger partial charge in [0.05, 0.1) is 29.6 Å². The molecule has 1 aliphatic rings. The van der Waals surface area contributed by atoms with Crippen LogP contribution >= 0.6 is 0 Å². The lowest BCUT2D eigenvalue weighted by atomic mass is 9.87. The molecule has 43 heavy (non-hydrogen) atoms. The van der Waals surface area contributed by atoms with E-state index in [4.69, 9.17) is 4.74 Å². The number of hydrogen-bond donors (Lipinski definition) is 0. The first kappa shape index (κ1) is 33.1. The highest BCUT2D eigenvalue weighted by Crippen LogP contribution is 2.37. The number of fused-ring (bicyclic) bond motifs is 1. The quantitative estimate of drug-likeness (QED) is 0.211. The van der Waals surface area contributed by atoms with Crippen LogP contribution in [-0.2, 0) is 4.74 Å². The number of benzene rings is 1. The summed E-state index contributed by atoms with van der Waals surface area (Å²) < 4.78 is 21.8. The van der Waals surface area contributed by atoms with Gasteiger partial charge in [0.1, 0.15) is 5.82 Å². The van der Waals surface area contributed by atoms with E-state index >= 15 is 0 Å². The summed E-state index contributed by atoms with van der Waals surface area (Å²) in [5, 5.41) is 1.16. The molecule has 1 fully saturated rings. The van der Waals surface area contributed by atoms with E-state index in [1.165, 1.54) is 30.5 Å². The van der Waals surface area contributed by atoms with Crippen LogP contribution < -0.4 is 0 Å². The Morgan fingerprint density at radius 2 is 1.88 bits per heavy atom. The van der Waals surface area contributed by atoms with E-state index in [0.717, 1.165) is 56.5 Å². The van der Waals surface area contributed by atoms with E-state index in [9.17, 15) is 9.18 Å². The van der Waals surface area contributed by atoms with E-state index in [0.29, 0.717) is 35.7 Å². The second-order valence-corrected chi connectivity index (χ2v) is 12.8. The van der Waals surface area contributed by atoms with Crippen LogP contribution in [0.25, 0.3) is 16.6 Å². The average Bonchev–Trinajstić information content (AvgIpc) is 3.38. The number of methoxy groups -OCH3 is 1. The van der Waals surface area contributed by atoms with Crippen molar-refractivity contribution in [3.8, 4) is 5.69 Å². The van der Waals surface area contributed by atoms with Gasteiger partial charge in [0, 0.05) is 50.1 Å². The predicted molar refractivity (Wildman–Crippen MR) is 174 cm³/mol. The second kappa shape index (κ2) is 15.3. The number of ether oxygens (including phenoxy) is 1. The number of hydrogen-bond acceptors (Lipinski definition) is 5. The Kier molecular flexibility index (Phi) is 11.7. The van der Waals surface area contributed by atoms with Gasteiger partial charge in [0.25, 0.3) is 5.91 Å². The van der Waals surface area contributed by atoms with E-state index in [2.05, 4.69) is 52.5 Å².